The number of benzene rings is 3. The number of ether oxygens (including phenoxy) is 1. The summed E-state index contributed by atoms with van der Waals surface area (Å²) in [5.74, 6) is 1.09. The zero-order valence-corrected chi connectivity index (χ0v) is 20.6. The highest BCUT2D eigenvalue weighted by Crippen LogP contribution is 2.52. The lowest BCUT2D eigenvalue weighted by atomic mass is 9.68. The Hall–Kier alpha value is -2.59. The molecule has 1 N–H and O–H groups in total. The molecule has 5 rings (SSSR count). The van der Waals surface area contributed by atoms with E-state index < -0.39 is 0 Å². The van der Waals surface area contributed by atoms with Crippen LogP contribution in [-0.2, 0) is 4.79 Å². The second kappa shape index (κ2) is 7.77. The number of anilines is 1. The molecule has 4 heteroatoms. The van der Waals surface area contributed by atoms with Gasteiger partial charge >= 0.3 is 0 Å². The number of Topliss-reactive ketones (excluding diaryl/α,β-unsaturated/α-hetero) is 1. The zero-order chi connectivity index (χ0) is 22.6. The third-order valence-electron chi connectivity index (χ3n) is 6.69. The lowest BCUT2D eigenvalue weighted by Gasteiger charge is -2.40. The van der Waals surface area contributed by atoms with Gasteiger partial charge in [0.05, 0.1) is 12.6 Å². The van der Waals surface area contributed by atoms with Crippen LogP contribution in [0, 0.1) is 12.3 Å². The van der Waals surface area contributed by atoms with Crippen molar-refractivity contribution >= 4 is 43.7 Å². The Morgan fingerprint density at radius 3 is 2.69 bits per heavy atom. The normalized spacial score (nSPS) is 19.4. The zero-order valence-electron chi connectivity index (χ0n) is 19.0. The third kappa shape index (κ3) is 3.45. The number of nitrogens with one attached hydrogen (secondary N) is 1. The van der Waals surface area contributed by atoms with Crippen LogP contribution in [0.1, 0.15) is 56.3 Å². The number of halogens is 1. The number of hydrogen-bond acceptors (Lipinski definition) is 3. The lowest BCUT2D eigenvalue weighted by Crippen LogP contribution is -2.33. The Kier molecular flexibility index (Phi) is 5.16. The van der Waals surface area contributed by atoms with E-state index in [9.17, 15) is 4.79 Å². The standard InChI is InChI=1S/C28H28BrNO2/c1-5-32-24-13-18(12-21(29)16(24)2)27-26-20(14-28(3,4)15-23(26)31)25-19-9-7-6-8-17(19)10-11-22(25)30-27/h6-13,27,30H,5,14-15H2,1-4H3. The molecule has 3 nitrogen and oxygen atoms in total. The minimum atomic E-state index is -0.196. The predicted molar refractivity (Wildman–Crippen MR) is 135 cm³/mol. The van der Waals surface area contributed by atoms with Gasteiger partial charge in [-0.1, -0.05) is 60.1 Å². The van der Waals surface area contributed by atoms with Crippen LogP contribution in [0.15, 0.2) is 58.6 Å². The van der Waals surface area contributed by atoms with Gasteiger partial charge in [0, 0.05) is 33.3 Å². The molecule has 2 aliphatic rings. The van der Waals surface area contributed by atoms with Gasteiger partial charge in [-0.3, -0.25) is 4.79 Å². The fourth-order valence-corrected chi connectivity index (χ4v) is 5.69. The average Bonchev–Trinajstić information content (AvgIpc) is 2.75. The van der Waals surface area contributed by atoms with Gasteiger partial charge in [0.2, 0.25) is 0 Å². The molecule has 3 aromatic rings. The number of fused-ring (bicyclic) bond motifs is 4. The van der Waals surface area contributed by atoms with Gasteiger partial charge < -0.3 is 10.1 Å². The molecule has 1 aliphatic heterocycles. The van der Waals surface area contributed by atoms with E-state index in [1.54, 1.807) is 0 Å². The van der Waals surface area contributed by atoms with Crippen molar-refractivity contribution in [1.29, 1.82) is 0 Å². The van der Waals surface area contributed by atoms with E-state index in [4.69, 9.17) is 4.74 Å². The molecule has 1 unspecified atom stereocenters. The van der Waals surface area contributed by atoms with Crippen molar-refractivity contribution in [2.45, 2.75) is 46.6 Å². The summed E-state index contributed by atoms with van der Waals surface area (Å²) in [6.07, 6.45) is 1.45. The number of ketones is 1. The second-order valence-corrected chi connectivity index (χ2v) is 10.5. The van der Waals surface area contributed by atoms with Crippen LogP contribution in [0.3, 0.4) is 0 Å². The van der Waals surface area contributed by atoms with Gasteiger partial charge in [-0.25, -0.2) is 0 Å². The maximum atomic E-state index is 13.6. The molecule has 0 aromatic heterocycles. The summed E-state index contributed by atoms with van der Waals surface area (Å²) in [4.78, 5) is 13.6. The summed E-state index contributed by atoms with van der Waals surface area (Å²) in [6, 6.07) is 16.8. The third-order valence-corrected chi connectivity index (χ3v) is 7.52. The van der Waals surface area contributed by atoms with Crippen molar-refractivity contribution in [2.24, 2.45) is 5.41 Å². The van der Waals surface area contributed by atoms with Gasteiger partial charge in [-0.2, -0.15) is 0 Å². The molecule has 164 valence electrons. The molecular formula is C28H28BrNO2. The molecule has 3 aromatic carbocycles. The molecule has 0 radical (unpaired) electrons. The number of rotatable bonds is 3. The van der Waals surface area contributed by atoms with Crippen molar-refractivity contribution in [1.82, 2.24) is 0 Å². The summed E-state index contributed by atoms with van der Waals surface area (Å²) in [7, 11) is 0. The van der Waals surface area contributed by atoms with E-state index in [0.717, 1.165) is 39.0 Å². The van der Waals surface area contributed by atoms with Gasteiger partial charge in [-0.05, 0) is 65.8 Å². The molecule has 32 heavy (non-hydrogen) atoms. The van der Waals surface area contributed by atoms with Crippen LogP contribution in [0.25, 0.3) is 16.3 Å². The molecule has 0 bridgehead atoms. The lowest BCUT2D eigenvalue weighted by molar-refractivity contribution is -0.118. The largest absolute Gasteiger partial charge is 0.494 e. The van der Waals surface area contributed by atoms with Crippen LogP contribution in [0.5, 0.6) is 5.75 Å². The Balaban J connectivity index is 1.77. The van der Waals surface area contributed by atoms with Crippen LogP contribution in [0.2, 0.25) is 0 Å². The first-order valence-corrected chi connectivity index (χ1v) is 12.1. The second-order valence-electron chi connectivity index (χ2n) is 9.68. The van der Waals surface area contributed by atoms with E-state index in [0.29, 0.717) is 13.0 Å². The first-order valence-electron chi connectivity index (χ1n) is 11.3. The van der Waals surface area contributed by atoms with Crippen LogP contribution in [0.4, 0.5) is 5.69 Å². The first kappa shape index (κ1) is 21.3. The van der Waals surface area contributed by atoms with E-state index in [2.05, 4.69) is 83.6 Å². The molecule has 1 aliphatic carbocycles. The van der Waals surface area contributed by atoms with Gasteiger partial charge in [0.25, 0.3) is 0 Å². The average molecular weight is 490 g/mol. The molecule has 0 saturated heterocycles. The molecule has 0 saturated carbocycles. The summed E-state index contributed by atoms with van der Waals surface area (Å²) in [5, 5.41) is 6.13. The Morgan fingerprint density at radius 1 is 1.12 bits per heavy atom. The maximum absolute atomic E-state index is 13.6. The molecule has 0 fully saturated rings. The fourth-order valence-electron chi connectivity index (χ4n) is 5.23. The molecule has 0 spiro atoms. The summed E-state index contributed by atoms with van der Waals surface area (Å²) in [6.45, 7) is 9.05. The number of carbonyl (C=O) groups excluding carboxylic acids is 1. The molecule has 1 heterocycles. The van der Waals surface area contributed by atoms with E-state index in [1.807, 2.05) is 13.8 Å². The molecule has 0 amide bonds. The Labute approximate surface area is 198 Å². The molecule has 1 atom stereocenters. The summed E-state index contributed by atoms with van der Waals surface area (Å²) >= 11 is 3.71. The minimum Gasteiger partial charge on any atom is -0.494 e. The highest BCUT2D eigenvalue weighted by molar-refractivity contribution is 9.10. The number of allylic oxidation sites excluding steroid dienone is 1. The van der Waals surface area contributed by atoms with Crippen LogP contribution in [-0.4, -0.2) is 12.4 Å². The summed E-state index contributed by atoms with van der Waals surface area (Å²) < 4.78 is 6.91. The monoisotopic (exact) mass is 489 g/mol. The van der Waals surface area contributed by atoms with Gasteiger partial charge in [-0.15, -0.1) is 0 Å². The minimum absolute atomic E-state index is 0.0592. The Bertz CT molecular complexity index is 1290. The van der Waals surface area contributed by atoms with Crippen molar-refractivity contribution < 1.29 is 9.53 Å². The van der Waals surface area contributed by atoms with Crippen LogP contribution >= 0.6 is 15.9 Å². The van der Waals surface area contributed by atoms with Crippen molar-refractivity contribution in [2.75, 3.05) is 11.9 Å². The van der Waals surface area contributed by atoms with Gasteiger partial charge in [0.1, 0.15) is 5.75 Å². The number of carbonyl (C=O) groups is 1. The summed E-state index contributed by atoms with van der Waals surface area (Å²) in [5.41, 5.74) is 6.44. The van der Waals surface area contributed by atoms with Gasteiger partial charge in [0.15, 0.2) is 5.78 Å². The smallest absolute Gasteiger partial charge is 0.162 e. The first-order chi connectivity index (χ1) is 15.3. The quantitative estimate of drug-likeness (QED) is 0.411. The predicted octanol–water partition coefficient (Wildman–Crippen LogP) is 7.62. The van der Waals surface area contributed by atoms with Crippen molar-refractivity contribution in [3.05, 3.63) is 75.3 Å². The van der Waals surface area contributed by atoms with E-state index >= 15 is 0 Å². The highest BCUT2D eigenvalue weighted by atomic mass is 79.9. The van der Waals surface area contributed by atoms with Crippen molar-refractivity contribution in [3.63, 3.8) is 0 Å². The topological polar surface area (TPSA) is 38.3 Å². The van der Waals surface area contributed by atoms with E-state index in [-0.39, 0.29) is 17.2 Å². The number of hydrogen-bond donors (Lipinski definition) is 1. The van der Waals surface area contributed by atoms with Crippen LogP contribution < -0.4 is 10.1 Å². The highest BCUT2D eigenvalue weighted by Gasteiger charge is 2.41. The Morgan fingerprint density at radius 2 is 1.91 bits per heavy atom. The van der Waals surface area contributed by atoms with Crippen molar-refractivity contribution in [3.8, 4) is 5.75 Å². The van der Waals surface area contributed by atoms with E-state index in [1.165, 1.54) is 21.9 Å². The fraction of sp³-hybridized carbons (Fsp3) is 0.321. The maximum Gasteiger partial charge on any atom is 0.162 e. The molecular weight excluding hydrogens is 462 g/mol. The SMILES string of the molecule is CCOc1cc(C2Nc3ccc4ccccc4c3C3=C2C(=O)CC(C)(C)C3)cc(Br)c1C.